The second-order valence-electron chi connectivity index (χ2n) is 5.41. The molecule has 0 aliphatic carbocycles. The number of thiazole rings is 1. The fourth-order valence-corrected chi connectivity index (χ4v) is 2.69. The number of Topliss-reactive ketones (excluding diaryl/α,β-unsaturated/α-hetero) is 1. The van der Waals surface area contributed by atoms with Gasteiger partial charge in [0.1, 0.15) is 0 Å². The summed E-state index contributed by atoms with van der Waals surface area (Å²) in [5.74, 6) is 0.102. The van der Waals surface area contributed by atoms with E-state index in [1.54, 1.807) is 18.4 Å². The first-order valence-corrected chi connectivity index (χ1v) is 6.82. The molecule has 0 unspecified atom stereocenters. The summed E-state index contributed by atoms with van der Waals surface area (Å²) in [5.41, 5.74) is 1.70. The van der Waals surface area contributed by atoms with Crippen molar-refractivity contribution in [1.29, 1.82) is 0 Å². The lowest BCUT2D eigenvalue weighted by atomic mass is 9.98. The van der Waals surface area contributed by atoms with Gasteiger partial charge in [-0.1, -0.05) is 20.8 Å². The average Bonchev–Trinajstić information content (AvgIpc) is 2.71. The summed E-state index contributed by atoms with van der Waals surface area (Å²) in [6.07, 6.45) is 0. The summed E-state index contributed by atoms with van der Waals surface area (Å²) in [4.78, 5) is 16.4. The van der Waals surface area contributed by atoms with Crippen LogP contribution >= 0.6 is 11.3 Å². The van der Waals surface area contributed by atoms with Gasteiger partial charge in [0, 0.05) is 11.0 Å². The maximum Gasteiger partial charge on any atom is 0.176 e. The molecule has 0 bridgehead atoms. The van der Waals surface area contributed by atoms with Gasteiger partial charge in [0.15, 0.2) is 5.78 Å². The maximum absolute atomic E-state index is 11.8. The van der Waals surface area contributed by atoms with Crippen LogP contribution in [0.15, 0.2) is 18.2 Å². The van der Waals surface area contributed by atoms with Crippen molar-refractivity contribution in [3.63, 3.8) is 0 Å². The third-order valence-electron chi connectivity index (χ3n) is 2.69. The minimum Gasteiger partial charge on any atom is -0.313 e. The molecule has 0 aliphatic rings. The third kappa shape index (κ3) is 2.60. The molecular formula is C14H18N2OS. The number of benzene rings is 1. The van der Waals surface area contributed by atoms with Gasteiger partial charge in [-0.2, -0.15) is 0 Å². The van der Waals surface area contributed by atoms with E-state index in [0.29, 0.717) is 6.54 Å². The molecule has 0 saturated heterocycles. The molecule has 4 heteroatoms. The fraction of sp³-hybridized carbons (Fsp3) is 0.429. The molecule has 0 amide bonds. The normalized spacial score (nSPS) is 12.0. The van der Waals surface area contributed by atoms with Gasteiger partial charge in [-0.15, -0.1) is 11.3 Å². The molecule has 0 spiro atoms. The van der Waals surface area contributed by atoms with Gasteiger partial charge >= 0.3 is 0 Å². The average molecular weight is 262 g/mol. The number of aromatic nitrogens is 1. The second-order valence-corrected chi connectivity index (χ2v) is 6.44. The summed E-state index contributed by atoms with van der Waals surface area (Å²) in [7, 11) is 1.77. The van der Waals surface area contributed by atoms with E-state index in [-0.39, 0.29) is 11.2 Å². The zero-order valence-electron chi connectivity index (χ0n) is 11.2. The molecule has 1 aromatic heterocycles. The maximum atomic E-state index is 11.8. The Morgan fingerprint density at radius 1 is 1.39 bits per heavy atom. The van der Waals surface area contributed by atoms with Gasteiger partial charge in [0.2, 0.25) is 0 Å². The molecule has 1 heterocycles. The van der Waals surface area contributed by atoms with Crippen LogP contribution in [0.2, 0.25) is 0 Å². The Morgan fingerprint density at radius 2 is 2.11 bits per heavy atom. The lowest BCUT2D eigenvalue weighted by Gasteiger charge is -2.13. The van der Waals surface area contributed by atoms with Crippen molar-refractivity contribution in [2.45, 2.75) is 26.2 Å². The smallest absolute Gasteiger partial charge is 0.176 e. The molecule has 0 aliphatic heterocycles. The molecule has 1 aromatic carbocycles. The Balaban J connectivity index is 2.43. The molecular weight excluding hydrogens is 244 g/mol. The summed E-state index contributed by atoms with van der Waals surface area (Å²) in [5, 5.41) is 3.98. The quantitative estimate of drug-likeness (QED) is 0.865. The Hall–Kier alpha value is -1.26. The fourth-order valence-electron chi connectivity index (χ4n) is 1.68. The minimum absolute atomic E-state index is 0.0544. The van der Waals surface area contributed by atoms with E-state index < -0.39 is 0 Å². The lowest BCUT2D eigenvalue weighted by Crippen LogP contribution is -2.18. The number of hydrogen-bond donors (Lipinski definition) is 1. The summed E-state index contributed by atoms with van der Waals surface area (Å²) in [6, 6.07) is 5.76. The number of likely N-dealkylation sites (N-methyl/N-ethyl adjacent to an activating group) is 1. The van der Waals surface area contributed by atoms with E-state index in [9.17, 15) is 4.79 Å². The highest BCUT2D eigenvalue weighted by molar-refractivity contribution is 7.18. The van der Waals surface area contributed by atoms with Crippen LogP contribution in [0, 0.1) is 0 Å². The molecule has 0 fully saturated rings. The summed E-state index contributed by atoms with van der Waals surface area (Å²) in [6.45, 7) is 6.81. The summed E-state index contributed by atoms with van der Waals surface area (Å²) < 4.78 is 1.14. The van der Waals surface area contributed by atoms with Crippen LogP contribution in [-0.4, -0.2) is 24.4 Å². The standard InChI is InChI=1S/C14H18N2OS/c1-14(2,3)13-16-10-7-9(11(17)8-15-4)5-6-12(10)18-13/h5-7,15H,8H2,1-4H3. The minimum atomic E-state index is 0.0544. The molecule has 3 nitrogen and oxygen atoms in total. The van der Waals surface area contributed by atoms with Gasteiger partial charge in [0.05, 0.1) is 21.8 Å². The predicted molar refractivity (Wildman–Crippen MR) is 76.6 cm³/mol. The predicted octanol–water partition coefficient (Wildman–Crippen LogP) is 3.00. The van der Waals surface area contributed by atoms with Crippen LogP contribution in [0.1, 0.15) is 36.1 Å². The van der Waals surface area contributed by atoms with Crippen LogP contribution < -0.4 is 5.32 Å². The van der Waals surface area contributed by atoms with Crippen molar-refractivity contribution in [2.24, 2.45) is 0 Å². The first kappa shape index (κ1) is 13.2. The molecule has 2 rings (SSSR count). The van der Waals surface area contributed by atoms with E-state index in [0.717, 1.165) is 20.8 Å². The van der Waals surface area contributed by atoms with Crippen molar-refractivity contribution in [2.75, 3.05) is 13.6 Å². The topological polar surface area (TPSA) is 42.0 Å². The van der Waals surface area contributed by atoms with E-state index in [1.807, 2.05) is 18.2 Å². The van der Waals surface area contributed by atoms with Crippen molar-refractivity contribution in [3.05, 3.63) is 28.8 Å². The van der Waals surface area contributed by atoms with Crippen LogP contribution in [0.25, 0.3) is 10.2 Å². The van der Waals surface area contributed by atoms with E-state index in [4.69, 9.17) is 0 Å². The van der Waals surface area contributed by atoms with Crippen LogP contribution in [0.5, 0.6) is 0 Å². The second kappa shape index (κ2) is 4.78. The number of nitrogens with one attached hydrogen (secondary N) is 1. The van der Waals surface area contributed by atoms with Crippen molar-refractivity contribution < 1.29 is 4.79 Å². The number of carbonyl (C=O) groups is 1. The Labute approximate surface area is 111 Å². The number of hydrogen-bond acceptors (Lipinski definition) is 4. The van der Waals surface area contributed by atoms with Crippen LogP contribution in [0.4, 0.5) is 0 Å². The van der Waals surface area contributed by atoms with Crippen LogP contribution in [0.3, 0.4) is 0 Å². The third-order valence-corrected chi connectivity index (χ3v) is 4.15. The van der Waals surface area contributed by atoms with Gasteiger partial charge < -0.3 is 5.32 Å². The highest BCUT2D eigenvalue weighted by atomic mass is 32.1. The lowest BCUT2D eigenvalue weighted by molar-refractivity contribution is 0.0993. The highest BCUT2D eigenvalue weighted by Gasteiger charge is 2.19. The highest BCUT2D eigenvalue weighted by Crippen LogP contribution is 2.31. The molecule has 1 N–H and O–H groups in total. The van der Waals surface area contributed by atoms with E-state index in [1.165, 1.54) is 0 Å². The van der Waals surface area contributed by atoms with Crippen LogP contribution in [-0.2, 0) is 5.41 Å². The number of carbonyl (C=O) groups excluding carboxylic acids is 1. The SMILES string of the molecule is CNCC(=O)c1ccc2sc(C(C)(C)C)nc2c1. The first-order valence-electron chi connectivity index (χ1n) is 6.00. The van der Waals surface area contributed by atoms with Gasteiger partial charge in [0.25, 0.3) is 0 Å². The van der Waals surface area contributed by atoms with Gasteiger partial charge in [-0.05, 0) is 25.2 Å². The molecule has 96 valence electrons. The Morgan fingerprint density at radius 3 is 2.72 bits per heavy atom. The number of nitrogens with zero attached hydrogens (tertiary/aromatic N) is 1. The van der Waals surface area contributed by atoms with Crippen molar-refractivity contribution >= 4 is 27.3 Å². The largest absolute Gasteiger partial charge is 0.313 e. The monoisotopic (exact) mass is 262 g/mol. The first-order chi connectivity index (χ1) is 8.41. The summed E-state index contributed by atoms with van der Waals surface area (Å²) >= 11 is 1.70. The number of rotatable bonds is 3. The number of ketones is 1. The molecule has 18 heavy (non-hydrogen) atoms. The molecule has 0 atom stereocenters. The zero-order valence-corrected chi connectivity index (χ0v) is 12.0. The van der Waals surface area contributed by atoms with E-state index in [2.05, 4.69) is 31.1 Å². The van der Waals surface area contributed by atoms with Gasteiger partial charge in [-0.25, -0.2) is 4.98 Å². The number of fused-ring (bicyclic) bond motifs is 1. The zero-order chi connectivity index (χ0) is 13.3. The molecule has 0 radical (unpaired) electrons. The molecule has 0 saturated carbocycles. The Kier molecular flexibility index (Phi) is 3.50. The van der Waals surface area contributed by atoms with E-state index >= 15 is 0 Å². The van der Waals surface area contributed by atoms with Crippen molar-refractivity contribution in [3.8, 4) is 0 Å². The Bertz CT molecular complexity index is 581. The van der Waals surface area contributed by atoms with Gasteiger partial charge in [-0.3, -0.25) is 4.79 Å². The van der Waals surface area contributed by atoms with Crippen molar-refractivity contribution in [1.82, 2.24) is 10.3 Å². The molecule has 2 aromatic rings.